The molecule has 0 aliphatic heterocycles. The molecule has 0 aromatic heterocycles. The Morgan fingerprint density at radius 2 is 0.667 bits per heavy atom. The van der Waals surface area contributed by atoms with Crippen LogP contribution in [0.1, 0.15) is 296 Å². The van der Waals surface area contributed by atoms with Crippen molar-refractivity contribution in [1.29, 1.82) is 0 Å². The maximum absolute atomic E-state index is 12.6. The van der Waals surface area contributed by atoms with Gasteiger partial charge in [-0.25, -0.2) is 0 Å². The molecule has 3 unspecified atom stereocenters. The molecule has 66 heavy (non-hydrogen) atoms. The molecule has 0 fully saturated rings. The molecule has 0 aromatic rings. The van der Waals surface area contributed by atoms with Gasteiger partial charge in [0.25, 0.3) is 0 Å². The smallest absolute Gasteiger partial charge is 0.249 e. The van der Waals surface area contributed by atoms with E-state index in [1.807, 2.05) is 6.08 Å². The lowest BCUT2D eigenvalue weighted by molar-refractivity contribution is -0.131. The Morgan fingerprint density at radius 1 is 0.379 bits per heavy atom. The van der Waals surface area contributed by atoms with Crippen molar-refractivity contribution in [2.24, 2.45) is 0 Å². The van der Waals surface area contributed by atoms with E-state index in [1.54, 1.807) is 6.08 Å². The zero-order valence-electron chi connectivity index (χ0n) is 44.1. The van der Waals surface area contributed by atoms with Crippen LogP contribution in [0.4, 0.5) is 0 Å². The van der Waals surface area contributed by atoms with Crippen molar-refractivity contribution >= 4 is 5.91 Å². The molecule has 0 spiro atoms. The van der Waals surface area contributed by atoms with Crippen LogP contribution in [-0.2, 0) is 4.79 Å². The number of allylic oxidation sites excluding steroid dienone is 9. The number of carbonyl (C=O) groups excluding carboxylic acids is 1. The van der Waals surface area contributed by atoms with Gasteiger partial charge in [-0.05, 0) is 77.0 Å². The van der Waals surface area contributed by atoms with Crippen molar-refractivity contribution in [3.05, 3.63) is 60.8 Å². The molecule has 5 heteroatoms. The maximum Gasteiger partial charge on any atom is 0.249 e. The van der Waals surface area contributed by atoms with E-state index in [4.69, 9.17) is 0 Å². The zero-order chi connectivity index (χ0) is 47.9. The molecule has 3 atom stereocenters. The Morgan fingerprint density at radius 3 is 1.02 bits per heavy atom. The standard InChI is InChI=1S/C61H113NO4/c1-3-5-7-9-11-13-15-17-19-21-23-25-26-27-28-29-30-31-32-33-34-35-36-38-40-42-44-46-48-50-52-54-56-60(65)61(66)62-58(57-63)59(64)55-53-51-49-47-45-43-41-39-37-24-22-20-18-16-14-12-10-8-6-4-2/h23,25,27-28,37,39,45,47,53,55,58-60,63-65H,3-22,24,26,29-36,38,40-44,46,48-52,54,56-57H2,1-2H3,(H,62,66)/b25-23-,28-27-,39-37+,47-45+,55-53+. The normalized spacial score (nSPS) is 13.7. The fraction of sp³-hybridized carbons (Fsp3) is 0.820. The second-order valence-corrected chi connectivity index (χ2v) is 19.8. The quantitative estimate of drug-likeness (QED) is 0.0361. The first-order valence-corrected chi connectivity index (χ1v) is 29.1. The van der Waals surface area contributed by atoms with Crippen molar-refractivity contribution in [2.45, 2.75) is 315 Å². The van der Waals surface area contributed by atoms with Crippen molar-refractivity contribution in [3.63, 3.8) is 0 Å². The molecular weight excluding hydrogens is 811 g/mol. The topological polar surface area (TPSA) is 89.8 Å². The van der Waals surface area contributed by atoms with Crippen LogP contribution in [0.5, 0.6) is 0 Å². The first-order chi connectivity index (χ1) is 32.6. The van der Waals surface area contributed by atoms with Gasteiger partial charge in [-0.15, -0.1) is 0 Å². The minimum Gasteiger partial charge on any atom is -0.394 e. The van der Waals surface area contributed by atoms with Crippen LogP contribution in [0.3, 0.4) is 0 Å². The zero-order valence-corrected chi connectivity index (χ0v) is 44.1. The molecule has 0 saturated heterocycles. The average molecular weight is 925 g/mol. The van der Waals surface area contributed by atoms with E-state index >= 15 is 0 Å². The number of nitrogens with one attached hydrogen (secondary N) is 1. The monoisotopic (exact) mass is 924 g/mol. The van der Waals surface area contributed by atoms with Crippen molar-refractivity contribution in [1.82, 2.24) is 5.32 Å². The van der Waals surface area contributed by atoms with E-state index < -0.39 is 24.2 Å². The average Bonchev–Trinajstić information content (AvgIpc) is 3.32. The third-order valence-corrected chi connectivity index (χ3v) is 13.3. The van der Waals surface area contributed by atoms with Gasteiger partial charge in [0.15, 0.2) is 0 Å². The van der Waals surface area contributed by atoms with E-state index in [0.717, 1.165) is 51.4 Å². The Labute approximate surface area is 411 Å². The number of unbranched alkanes of at least 4 members (excludes halogenated alkanes) is 37. The molecule has 0 radical (unpaired) electrons. The van der Waals surface area contributed by atoms with Crippen LogP contribution < -0.4 is 5.32 Å². The van der Waals surface area contributed by atoms with Crippen molar-refractivity contribution < 1.29 is 20.1 Å². The Kier molecular flexibility index (Phi) is 54.0. The van der Waals surface area contributed by atoms with Crippen molar-refractivity contribution in [2.75, 3.05) is 6.61 Å². The number of carbonyl (C=O) groups is 1. The molecular formula is C61H113NO4. The summed E-state index contributed by atoms with van der Waals surface area (Å²) in [5.74, 6) is -0.515. The number of hydrogen-bond acceptors (Lipinski definition) is 4. The summed E-state index contributed by atoms with van der Waals surface area (Å²) in [5, 5.41) is 33.3. The highest BCUT2D eigenvalue weighted by Gasteiger charge is 2.22. The highest BCUT2D eigenvalue weighted by Crippen LogP contribution is 2.16. The van der Waals surface area contributed by atoms with E-state index in [1.165, 1.54) is 225 Å². The molecule has 0 heterocycles. The molecule has 0 saturated carbocycles. The molecule has 4 N–H and O–H groups in total. The third kappa shape index (κ3) is 49.9. The Balaban J connectivity index is 3.60. The highest BCUT2D eigenvalue weighted by atomic mass is 16.3. The lowest BCUT2D eigenvalue weighted by Crippen LogP contribution is -2.48. The molecule has 0 aromatic carbocycles. The van der Waals surface area contributed by atoms with Crippen LogP contribution in [0.15, 0.2) is 60.8 Å². The largest absolute Gasteiger partial charge is 0.394 e. The summed E-state index contributed by atoms with van der Waals surface area (Å²) in [6, 6.07) is -0.823. The first-order valence-electron chi connectivity index (χ1n) is 29.1. The Hall–Kier alpha value is -1.95. The summed E-state index contributed by atoms with van der Waals surface area (Å²) in [4.78, 5) is 12.6. The number of aliphatic hydroxyl groups excluding tert-OH is 3. The van der Waals surface area contributed by atoms with Gasteiger partial charge >= 0.3 is 0 Å². The van der Waals surface area contributed by atoms with Gasteiger partial charge in [0.1, 0.15) is 6.10 Å². The SMILES string of the molecule is CCCCCCCCCCC/C=C\C/C=C\CCCCCCCCCCCCCCCCCCC(O)C(=O)NC(CO)C(O)/C=C/CC/C=C/CC/C=C/CCCCCCCCCCCC. The van der Waals surface area contributed by atoms with Crippen LogP contribution in [0.25, 0.3) is 0 Å². The van der Waals surface area contributed by atoms with E-state index in [-0.39, 0.29) is 6.61 Å². The predicted molar refractivity (Wildman–Crippen MR) is 291 cm³/mol. The van der Waals surface area contributed by atoms with Crippen LogP contribution >= 0.6 is 0 Å². The first kappa shape index (κ1) is 64.0. The highest BCUT2D eigenvalue weighted by molar-refractivity contribution is 5.80. The second-order valence-electron chi connectivity index (χ2n) is 19.8. The third-order valence-electron chi connectivity index (χ3n) is 13.3. The summed E-state index contributed by atoms with van der Waals surface area (Å²) in [6.45, 7) is 4.19. The van der Waals surface area contributed by atoms with Gasteiger partial charge in [-0.3, -0.25) is 4.79 Å². The van der Waals surface area contributed by atoms with Crippen molar-refractivity contribution in [3.8, 4) is 0 Å². The predicted octanol–water partition coefficient (Wildman–Crippen LogP) is 18.2. The molecule has 0 aliphatic rings. The molecule has 0 aliphatic carbocycles. The number of aliphatic hydroxyl groups is 3. The number of rotatable bonds is 53. The van der Waals surface area contributed by atoms with Gasteiger partial charge in [0.2, 0.25) is 5.91 Å². The second kappa shape index (κ2) is 55.6. The number of hydrogen-bond donors (Lipinski definition) is 4. The summed E-state index contributed by atoms with van der Waals surface area (Å²) in [7, 11) is 0. The summed E-state index contributed by atoms with van der Waals surface area (Å²) < 4.78 is 0. The lowest BCUT2D eigenvalue weighted by Gasteiger charge is -2.21. The number of amides is 1. The summed E-state index contributed by atoms with van der Waals surface area (Å²) >= 11 is 0. The van der Waals surface area contributed by atoms with Gasteiger partial charge in [-0.1, -0.05) is 280 Å². The molecule has 5 nitrogen and oxygen atoms in total. The fourth-order valence-electron chi connectivity index (χ4n) is 8.78. The van der Waals surface area contributed by atoms with E-state index in [0.29, 0.717) is 6.42 Å². The minimum absolute atomic E-state index is 0.382. The Bertz CT molecular complexity index is 1110. The molecule has 1 amide bonds. The van der Waals surface area contributed by atoms with Crippen LogP contribution in [0, 0.1) is 0 Å². The van der Waals surface area contributed by atoms with Gasteiger partial charge in [-0.2, -0.15) is 0 Å². The van der Waals surface area contributed by atoms with Gasteiger partial charge in [0.05, 0.1) is 18.8 Å². The minimum atomic E-state index is -1.11. The summed E-state index contributed by atoms with van der Waals surface area (Å²) in [5.41, 5.74) is 0. The van der Waals surface area contributed by atoms with E-state index in [2.05, 4.69) is 67.8 Å². The van der Waals surface area contributed by atoms with Gasteiger partial charge < -0.3 is 20.6 Å². The van der Waals surface area contributed by atoms with Gasteiger partial charge in [0, 0.05) is 0 Å². The molecule has 0 rings (SSSR count). The lowest BCUT2D eigenvalue weighted by atomic mass is 10.0. The summed E-state index contributed by atoms with van der Waals surface area (Å²) in [6.07, 6.45) is 75.9. The molecule has 0 bridgehead atoms. The van der Waals surface area contributed by atoms with Crippen LogP contribution in [-0.4, -0.2) is 46.1 Å². The van der Waals surface area contributed by atoms with E-state index in [9.17, 15) is 20.1 Å². The maximum atomic E-state index is 12.6. The molecule has 386 valence electrons. The van der Waals surface area contributed by atoms with Crippen LogP contribution in [0.2, 0.25) is 0 Å². The fourth-order valence-corrected chi connectivity index (χ4v) is 8.78.